The topological polar surface area (TPSA) is 149 Å². The van der Waals surface area contributed by atoms with Gasteiger partial charge in [0, 0.05) is 87.6 Å². The van der Waals surface area contributed by atoms with Crippen molar-refractivity contribution in [3.05, 3.63) is 69.7 Å². The van der Waals surface area contributed by atoms with Crippen molar-refractivity contribution in [3.8, 4) is 17.3 Å². The number of piperazine rings is 1. The van der Waals surface area contributed by atoms with Crippen molar-refractivity contribution in [1.29, 1.82) is 5.26 Å². The predicted molar refractivity (Wildman–Crippen MR) is 182 cm³/mol. The second-order valence-electron chi connectivity index (χ2n) is 12.7. The fourth-order valence-electron chi connectivity index (χ4n) is 6.40. The molecule has 0 aliphatic carbocycles. The minimum atomic E-state index is -0.566. The SMILES string of the molecule is CN(c1nc(-c2ccc(F)cc2)c(C#N)s1)c1cn(CC(=O)N2CC(O)C2)c(=O)c2ccc(N3CCN(CC(=O)N4CC(O)C4)CC3)cc12. The zero-order valence-electron chi connectivity index (χ0n) is 26.8. The number of aliphatic hydroxyl groups excluding tert-OH is 2. The smallest absolute Gasteiger partial charge is 0.259 e. The number of hydrogen-bond donors (Lipinski definition) is 2. The molecule has 3 saturated heterocycles. The Morgan fingerprint density at radius 1 is 0.959 bits per heavy atom. The number of β-amino-alcohol motifs (C(OH)–C–C–N with tert-alkyl or cyclic N) is 2. The zero-order valence-corrected chi connectivity index (χ0v) is 27.6. The van der Waals surface area contributed by atoms with Gasteiger partial charge < -0.3 is 34.4 Å². The lowest BCUT2D eigenvalue weighted by atomic mass is 10.1. The van der Waals surface area contributed by atoms with Crippen molar-refractivity contribution in [2.24, 2.45) is 0 Å². The number of hydrogen-bond acceptors (Lipinski definition) is 11. The van der Waals surface area contributed by atoms with Crippen LogP contribution in [0.1, 0.15) is 4.88 Å². The Balaban J connectivity index is 1.20. The van der Waals surface area contributed by atoms with Crippen LogP contribution in [0.5, 0.6) is 0 Å². The monoisotopic (exact) mass is 686 g/mol. The number of anilines is 3. The third kappa shape index (κ3) is 6.47. The Kier molecular flexibility index (Phi) is 8.80. The number of fused-ring (bicyclic) bond motifs is 1. The maximum atomic E-state index is 13.8. The van der Waals surface area contributed by atoms with Crippen LogP contribution in [0, 0.1) is 17.1 Å². The van der Waals surface area contributed by atoms with Gasteiger partial charge in [0.1, 0.15) is 29.0 Å². The lowest BCUT2D eigenvalue weighted by Gasteiger charge is -2.39. The molecule has 7 rings (SSSR count). The Morgan fingerprint density at radius 2 is 1.59 bits per heavy atom. The van der Waals surface area contributed by atoms with Gasteiger partial charge in [-0.25, -0.2) is 9.37 Å². The Labute approximate surface area is 285 Å². The summed E-state index contributed by atoms with van der Waals surface area (Å²) < 4.78 is 15.0. The van der Waals surface area contributed by atoms with E-state index < -0.39 is 18.0 Å². The number of carbonyl (C=O) groups is 2. The molecule has 0 radical (unpaired) electrons. The summed E-state index contributed by atoms with van der Waals surface area (Å²) in [7, 11) is 1.78. The molecule has 0 unspecified atom stereocenters. The normalized spacial score (nSPS) is 17.2. The van der Waals surface area contributed by atoms with Crippen molar-refractivity contribution in [2.45, 2.75) is 18.8 Å². The Bertz CT molecular complexity index is 2010. The lowest BCUT2D eigenvalue weighted by Crippen LogP contribution is -2.57. The summed E-state index contributed by atoms with van der Waals surface area (Å²) in [4.78, 5) is 53.7. The number of pyridine rings is 1. The summed E-state index contributed by atoms with van der Waals surface area (Å²) in [6.07, 6.45) is 0.630. The predicted octanol–water partition coefficient (Wildman–Crippen LogP) is 1.43. The third-order valence-electron chi connectivity index (χ3n) is 9.36. The number of nitrogens with zero attached hydrogens (tertiary/aromatic N) is 8. The summed E-state index contributed by atoms with van der Waals surface area (Å²) in [6, 6.07) is 13.6. The van der Waals surface area contributed by atoms with Gasteiger partial charge in [0.15, 0.2) is 5.13 Å². The highest BCUT2D eigenvalue weighted by atomic mass is 32.1. The number of halogens is 1. The van der Waals surface area contributed by atoms with Crippen molar-refractivity contribution in [3.63, 3.8) is 0 Å². The van der Waals surface area contributed by atoms with E-state index in [1.807, 2.05) is 12.1 Å². The van der Waals surface area contributed by atoms with Crippen LogP contribution >= 0.6 is 11.3 Å². The highest BCUT2D eigenvalue weighted by molar-refractivity contribution is 7.16. The van der Waals surface area contributed by atoms with Gasteiger partial charge in [0.05, 0.1) is 24.4 Å². The molecule has 2 N–H and O–H groups in total. The van der Waals surface area contributed by atoms with Crippen LogP contribution in [0.15, 0.2) is 53.5 Å². The largest absolute Gasteiger partial charge is 0.389 e. The van der Waals surface area contributed by atoms with E-state index in [0.717, 1.165) is 5.69 Å². The van der Waals surface area contributed by atoms with Crippen LogP contribution in [-0.2, 0) is 16.1 Å². The summed E-state index contributed by atoms with van der Waals surface area (Å²) in [5, 5.41) is 30.7. The number of aliphatic hydroxyl groups is 2. The molecule has 3 aliphatic rings. The van der Waals surface area contributed by atoms with Crippen LogP contribution in [0.2, 0.25) is 0 Å². The minimum absolute atomic E-state index is 0.0153. The quantitative estimate of drug-likeness (QED) is 0.279. The van der Waals surface area contributed by atoms with Gasteiger partial charge in [-0.3, -0.25) is 19.3 Å². The number of nitriles is 1. The lowest BCUT2D eigenvalue weighted by molar-refractivity contribution is -0.142. The molecule has 3 fully saturated rings. The summed E-state index contributed by atoms with van der Waals surface area (Å²) in [6.45, 7) is 3.99. The number of amides is 2. The third-order valence-corrected chi connectivity index (χ3v) is 10.4. The second-order valence-corrected chi connectivity index (χ2v) is 13.7. The van der Waals surface area contributed by atoms with Gasteiger partial charge in [-0.05, 0) is 42.5 Å². The van der Waals surface area contributed by atoms with E-state index in [9.17, 15) is 34.2 Å². The van der Waals surface area contributed by atoms with Crippen molar-refractivity contribution < 1.29 is 24.2 Å². The summed E-state index contributed by atoms with van der Waals surface area (Å²) in [5.74, 6) is -0.663. The maximum Gasteiger partial charge on any atom is 0.259 e. The highest BCUT2D eigenvalue weighted by Gasteiger charge is 2.31. The van der Waals surface area contributed by atoms with Gasteiger partial charge in [0.25, 0.3) is 5.56 Å². The molecule has 13 nitrogen and oxygen atoms in total. The number of benzene rings is 2. The maximum absolute atomic E-state index is 13.8. The molecule has 0 spiro atoms. The minimum Gasteiger partial charge on any atom is -0.389 e. The van der Waals surface area contributed by atoms with E-state index >= 15 is 0 Å². The van der Waals surface area contributed by atoms with Crippen LogP contribution in [0.25, 0.3) is 22.0 Å². The zero-order chi connectivity index (χ0) is 34.4. The van der Waals surface area contributed by atoms with Gasteiger partial charge in [-0.15, -0.1) is 0 Å². The van der Waals surface area contributed by atoms with E-state index in [-0.39, 0.29) is 37.0 Å². The molecular weight excluding hydrogens is 651 g/mol. The van der Waals surface area contributed by atoms with Gasteiger partial charge in [-0.1, -0.05) is 11.3 Å². The number of rotatable bonds is 8. The second kappa shape index (κ2) is 13.2. The first kappa shape index (κ1) is 32.7. The molecule has 0 atom stereocenters. The fourth-order valence-corrected chi connectivity index (χ4v) is 7.26. The van der Waals surface area contributed by atoms with Gasteiger partial charge in [-0.2, -0.15) is 5.26 Å². The molecule has 2 amide bonds. The van der Waals surface area contributed by atoms with Gasteiger partial charge in [0.2, 0.25) is 11.8 Å². The molecule has 49 heavy (non-hydrogen) atoms. The molecule has 4 aromatic rings. The first-order chi connectivity index (χ1) is 23.6. The Hall–Kier alpha value is -4.88. The van der Waals surface area contributed by atoms with E-state index in [4.69, 9.17) is 4.98 Å². The molecule has 0 bridgehead atoms. The molecule has 254 valence electrons. The van der Waals surface area contributed by atoms with Crippen LogP contribution in [0.4, 0.5) is 20.9 Å². The summed E-state index contributed by atoms with van der Waals surface area (Å²) >= 11 is 1.17. The molecule has 3 aliphatic heterocycles. The average Bonchev–Trinajstić information content (AvgIpc) is 3.51. The van der Waals surface area contributed by atoms with Crippen molar-refractivity contribution in [1.82, 2.24) is 24.3 Å². The van der Waals surface area contributed by atoms with Crippen LogP contribution < -0.4 is 15.4 Å². The standard InChI is InChI=1S/C34H35FN8O5S/c1-38(34-37-32(29(13-36)49-34)21-2-4-22(35)5-3-21)28-18-43(20-31(47)42-16-25(45)17-42)33(48)26-7-6-23(12-27(26)28)40-10-8-39(9-11-40)19-30(46)41-14-24(44)15-41/h2-7,12,18,24-25,44-45H,8-11,14-17,19-20H2,1H3. The average molecular weight is 687 g/mol. The van der Waals surface area contributed by atoms with Crippen molar-refractivity contribution in [2.75, 3.05) is 75.8 Å². The number of thiazole rings is 1. The van der Waals surface area contributed by atoms with Gasteiger partial charge >= 0.3 is 0 Å². The molecule has 5 heterocycles. The van der Waals surface area contributed by atoms with Crippen LogP contribution in [-0.4, -0.2) is 124 Å². The first-order valence-electron chi connectivity index (χ1n) is 16.0. The number of likely N-dealkylation sites (tertiary alicyclic amines) is 2. The summed E-state index contributed by atoms with van der Waals surface area (Å²) in [5.41, 5.74) is 2.16. The molecule has 15 heteroatoms. The van der Waals surface area contributed by atoms with E-state index in [1.54, 1.807) is 41.2 Å². The molecule has 2 aromatic carbocycles. The highest BCUT2D eigenvalue weighted by Crippen LogP contribution is 2.38. The molecule has 0 saturated carbocycles. The van der Waals surface area contributed by atoms with Crippen LogP contribution in [0.3, 0.4) is 0 Å². The van der Waals surface area contributed by atoms with Crippen molar-refractivity contribution >= 4 is 50.4 Å². The molecular formula is C34H35FN8O5S. The fraction of sp³-hybridized carbons (Fsp3) is 0.382. The number of carbonyl (C=O) groups excluding carboxylic acids is 2. The van der Waals surface area contributed by atoms with E-state index in [2.05, 4.69) is 15.9 Å². The van der Waals surface area contributed by atoms with E-state index in [0.29, 0.717) is 83.5 Å². The first-order valence-corrected chi connectivity index (χ1v) is 16.9. The Morgan fingerprint density at radius 3 is 2.20 bits per heavy atom. The van der Waals surface area contributed by atoms with E-state index in [1.165, 1.54) is 32.9 Å². The number of aromatic nitrogens is 2. The molecule has 2 aromatic heterocycles.